The summed E-state index contributed by atoms with van der Waals surface area (Å²) in [4.78, 5) is 12.3. The van der Waals surface area contributed by atoms with Gasteiger partial charge in [0.1, 0.15) is 5.75 Å². The predicted molar refractivity (Wildman–Crippen MR) is 108 cm³/mol. The predicted octanol–water partition coefficient (Wildman–Crippen LogP) is 5.56. The minimum absolute atomic E-state index is 0.0454. The molecule has 4 nitrogen and oxygen atoms in total. The van der Waals surface area contributed by atoms with Crippen LogP contribution in [0.3, 0.4) is 0 Å². The van der Waals surface area contributed by atoms with Crippen LogP contribution in [0.5, 0.6) is 5.75 Å². The lowest BCUT2D eigenvalue weighted by molar-refractivity contribution is 0.234. The summed E-state index contributed by atoms with van der Waals surface area (Å²) < 4.78 is 5.45. The van der Waals surface area contributed by atoms with Gasteiger partial charge in [0.15, 0.2) is 0 Å². The summed E-state index contributed by atoms with van der Waals surface area (Å²) >= 11 is 0. The summed E-state index contributed by atoms with van der Waals surface area (Å²) in [5, 5.41) is 6.19. The van der Waals surface area contributed by atoms with E-state index in [9.17, 15) is 4.79 Å². The molecule has 1 fully saturated rings. The van der Waals surface area contributed by atoms with E-state index in [1.165, 1.54) is 57.8 Å². The van der Waals surface area contributed by atoms with Crippen LogP contribution in [0.2, 0.25) is 0 Å². The van der Waals surface area contributed by atoms with E-state index in [1.807, 2.05) is 31.2 Å². The second kappa shape index (κ2) is 12.6. The summed E-state index contributed by atoms with van der Waals surface area (Å²) in [6.07, 6.45) is 14.1. The molecule has 0 aliphatic heterocycles. The minimum atomic E-state index is -0.0454. The van der Waals surface area contributed by atoms with Gasteiger partial charge in [-0.05, 0) is 37.5 Å². The second-order valence-electron chi connectivity index (χ2n) is 7.36. The van der Waals surface area contributed by atoms with Gasteiger partial charge in [-0.1, -0.05) is 69.9 Å². The van der Waals surface area contributed by atoms with Gasteiger partial charge in [0, 0.05) is 12.6 Å². The summed E-state index contributed by atoms with van der Waals surface area (Å²) in [5.41, 5.74) is 1.09. The number of amides is 2. The van der Waals surface area contributed by atoms with Crippen LogP contribution in [0, 0.1) is 0 Å². The van der Waals surface area contributed by atoms with Crippen LogP contribution in [-0.4, -0.2) is 18.7 Å². The van der Waals surface area contributed by atoms with Crippen molar-refractivity contribution in [3.8, 4) is 5.75 Å². The molecule has 4 heteroatoms. The Labute approximate surface area is 159 Å². The highest BCUT2D eigenvalue weighted by molar-refractivity contribution is 5.74. The van der Waals surface area contributed by atoms with E-state index in [2.05, 4.69) is 10.6 Å². The molecule has 146 valence electrons. The van der Waals surface area contributed by atoms with Crippen molar-refractivity contribution < 1.29 is 9.53 Å². The monoisotopic (exact) mass is 360 g/mol. The van der Waals surface area contributed by atoms with Crippen LogP contribution < -0.4 is 15.4 Å². The van der Waals surface area contributed by atoms with Gasteiger partial charge in [-0.15, -0.1) is 0 Å². The van der Waals surface area contributed by atoms with Crippen molar-refractivity contribution in [1.82, 2.24) is 10.6 Å². The molecule has 1 aromatic rings. The number of rotatable bonds is 5. The number of hydrogen-bond acceptors (Lipinski definition) is 2. The van der Waals surface area contributed by atoms with Crippen LogP contribution in [0.1, 0.15) is 83.1 Å². The Bertz CT molecular complexity index is 489. The fourth-order valence-corrected chi connectivity index (χ4v) is 3.60. The van der Waals surface area contributed by atoms with Crippen molar-refractivity contribution in [3.63, 3.8) is 0 Å². The van der Waals surface area contributed by atoms with E-state index in [1.54, 1.807) is 0 Å². The molecule has 0 aromatic heterocycles. The van der Waals surface area contributed by atoms with E-state index < -0.39 is 0 Å². The van der Waals surface area contributed by atoms with Gasteiger partial charge in [-0.2, -0.15) is 0 Å². The molecule has 0 bridgehead atoms. The molecule has 1 aliphatic rings. The highest BCUT2D eigenvalue weighted by Crippen LogP contribution is 2.17. The van der Waals surface area contributed by atoms with Gasteiger partial charge in [0.2, 0.25) is 0 Å². The smallest absolute Gasteiger partial charge is 0.315 e. The first-order valence-corrected chi connectivity index (χ1v) is 10.5. The van der Waals surface area contributed by atoms with Gasteiger partial charge < -0.3 is 15.4 Å². The number of carbonyl (C=O) groups is 1. The zero-order valence-corrected chi connectivity index (χ0v) is 16.4. The SMILES string of the molecule is CCOc1ccc(CNC(=O)NC2CCCCCCCCCCC2)cc1. The summed E-state index contributed by atoms with van der Waals surface area (Å²) in [5.74, 6) is 0.869. The molecule has 0 atom stereocenters. The zero-order valence-electron chi connectivity index (χ0n) is 16.4. The Hall–Kier alpha value is -1.71. The molecule has 0 heterocycles. The van der Waals surface area contributed by atoms with Crippen LogP contribution >= 0.6 is 0 Å². The standard InChI is InChI=1S/C22H36N2O2/c1-2-26-21-16-14-19(15-17-21)18-23-22(25)24-20-12-10-8-6-4-3-5-7-9-11-13-20/h14-17,20H,2-13,18H2,1H3,(H2,23,24,25). The fourth-order valence-electron chi connectivity index (χ4n) is 3.60. The normalized spacial score (nSPS) is 17.6. The Morgan fingerprint density at radius 2 is 1.46 bits per heavy atom. The van der Waals surface area contributed by atoms with Gasteiger partial charge in [-0.3, -0.25) is 0 Å². The summed E-state index contributed by atoms with van der Waals surface area (Å²) in [6.45, 7) is 3.19. The van der Waals surface area contributed by atoms with Crippen molar-refractivity contribution in [1.29, 1.82) is 0 Å². The fraction of sp³-hybridized carbons (Fsp3) is 0.682. The highest BCUT2D eigenvalue weighted by Gasteiger charge is 2.12. The van der Waals surface area contributed by atoms with Gasteiger partial charge in [0.05, 0.1) is 6.61 Å². The van der Waals surface area contributed by atoms with Crippen molar-refractivity contribution in [2.45, 2.75) is 90.1 Å². The first kappa shape index (κ1) is 20.6. The van der Waals surface area contributed by atoms with Gasteiger partial charge in [0.25, 0.3) is 0 Å². The van der Waals surface area contributed by atoms with Crippen molar-refractivity contribution >= 4 is 6.03 Å². The molecule has 0 radical (unpaired) electrons. The molecule has 0 unspecified atom stereocenters. The third kappa shape index (κ3) is 8.59. The number of nitrogens with one attached hydrogen (secondary N) is 2. The number of hydrogen-bond donors (Lipinski definition) is 2. The molecule has 2 N–H and O–H groups in total. The van der Waals surface area contributed by atoms with E-state index in [0.717, 1.165) is 24.2 Å². The van der Waals surface area contributed by atoms with Gasteiger partial charge in [-0.25, -0.2) is 4.79 Å². The summed E-state index contributed by atoms with van der Waals surface area (Å²) in [7, 11) is 0. The molecule has 1 aromatic carbocycles. The van der Waals surface area contributed by atoms with Crippen molar-refractivity contribution in [2.24, 2.45) is 0 Å². The van der Waals surface area contributed by atoms with Gasteiger partial charge >= 0.3 is 6.03 Å². The Morgan fingerprint density at radius 1 is 0.923 bits per heavy atom. The van der Waals surface area contributed by atoms with Crippen LogP contribution in [-0.2, 0) is 6.54 Å². The number of carbonyl (C=O) groups excluding carboxylic acids is 1. The topological polar surface area (TPSA) is 50.4 Å². The largest absolute Gasteiger partial charge is 0.494 e. The molecule has 0 spiro atoms. The van der Waals surface area contributed by atoms with Crippen molar-refractivity contribution in [3.05, 3.63) is 29.8 Å². The maximum absolute atomic E-state index is 12.3. The average molecular weight is 361 g/mol. The van der Waals surface area contributed by atoms with E-state index in [4.69, 9.17) is 4.74 Å². The molecule has 2 rings (SSSR count). The number of benzene rings is 1. The van der Waals surface area contributed by atoms with E-state index in [0.29, 0.717) is 19.2 Å². The molecule has 1 aliphatic carbocycles. The van der Waals surface area contributed by atoms with Crippen molar-refractivity contribution in [2.75, 3.05) is 6.61 Å². The Balaban J connectivity index is 1.72. The first-order chi connectivity index (χ1) is 12.8. The lowest BCUT2D eigenvalue weighted by Crippen LogP contribution is -2.41. The Kier molecular flexibility index (Phi) is 9.99. The minimum Gasteiger partial charge on any atom is -0.494 e. The number of ether oxygens (including phenoxy) is 1. The highest BCUT2D eigenvalue weighted by atomic mass is 16.5. The first-order valence-electron chi connectivity index (χ1n) is 10.5. The third-order valence-electron chi connectivity index (χ3n) is 5.13. The molecule has 2 amide bonds. The molecular weight excluding hydrogens is 324 g/mol. The maximum Gasteiger partial charge on any atom is 0.315 e. The molecule has 1 saturated carbocycles. The summed E-state index contributed by atoms with van der Waals surface area (Å²) in [6, 6.07) is 8.17. The third-order valence-corrected chi connectivity index (χ3v) is 5.13. The molecular formula is C22H36N2O2. The molecule has 0 saturated heterocycles. The van der Waals surface area contributed by atoms with Crippen LogP contribution in [0.15, 0.2) is 24.3 Å². The van der Waals surface area contributed by atoms with E-state index in [-0.39, 0.29) is 6.03 Å². The molecule has 26 heavy (non-hydrogen) atoms. The lowest BCUT2D eigenvalue weighted by Gasteiger charge is -2.20. The van der Waals surface area contributed by atoms with Crippen LogP contribution in [0.4, 0.5) is 4.79 Å². The van der Waals surface area contributed by atoms with E-state index >= 15 is 0 Å². The quantitative estimate of drug-likeness (QED) is 0.722. The zero-order chi connectivity index (χ0) is 18.5. The second-order valence-corrected chi connectivity index (χ2v) is 7.36. The number of urea groups is 1. The van der Waals surface area contributed by atoms with Crippen LogP contribution in [0.25, 0.3) is 0 Å². The average Bonchev–Trinajstić information content (AvgIpc) is 2.64. The maximum atomic E-state index is 12.3. The Morgan fingerprint density at radius 3 is 2.00 bits per heavy atom. The lowest BCUT2D eigenvalue weighted by atomic mass is 9.98.